The second-order valence-corrected chi connectivity index (χ2v) is 9.95. The van der Waals surface area contributed by atoms with Crippen molar-refractivity contribution in [1.82, 2.24) is 10.2 Å². The fourth-order valence-corrected chi connectivity index (χ4v) is 5.28. The molecular formula is C28H34N2O5. The molecule has 7 nitrogen and oxygen atoms in total. The quantitative estimate of drug-likeness (QED) is 0.547. The summed E-state index contributed by atoms with van der Waals surface area (Å²) in [6, 6.07) is 16.3. The van der Waals surface area contributed by atoms with E-state index in [-0.39, 0.29) is 37.4 Å². The number of ether oxygens (including phenoxy) is 1. The zero-order valence-electron chi connectivity index (χ0n) is 20.6. The van der Waals surface area contributed by atoms with Crippen molar-refractivity contribution < 1.29 is 24.2 Å². The maximum atomic E-state index is 13.4. The number of alkyl carbamates (subject to hydrolysis) is 1. The van der Waals surface area contributed by atoms with Gasteiger partial charge in [-0.05, 0) is 61.8 Å². The highest BCUT2D eigenvalue weighted by atomic mass is 16.5. The Hall–Kier alpha value is -3.35. The Labute approximate surface area is 206 Å². The van der Waals surface area contributed by atoms with Gasteiger partial charge in [-0.1, -0.05) is 55.0 Å². The maximum Gasteiger partial charge on any atom is 0.407 e. The molecule has 2 N–H and O–H groups in total. The van der Waals surface area contributed by atoms with Crippen molar-refractivity contribution >= 4 is 18.0 Å². The second-order valence-electron chi connectivity index (χ2n) is 9.95. The van der Waals surface area contributed by atoms with Crippen LogP contribution in [0.4, 0.5) is 4.79 Å². The molecule has 1 atom stereocenters. The van der Waals surface area contributed by atoms with E-state index in [1.54, 1.807) is 6.92 Å². The van der Waals surface area contributed by atoms with Gasteiger partial charge in [-0.2, -0.15) is 0 Å². The van der Waals surface area contributed by atoms with Crippen molar-refractivity contribution in [3.8, 4) is 11.1 Å². The number of amides is 2. The molecule has 0 bridgehead atoms. The summed E-state index contributed by atoms with van der Waals surface area (Å²) < 4.78 is 5.62. The normalized spacial score (nSPS) is 16.0. The Kier molecular flexibility index (Phi) is 7.15. The fourth-order valence-electron chi connectivity index (χ4n) is 5.28. The molecular weight excluding hydrogens is 444 g/mol. The standard InChI is InChI=1S/C28H34N2O5/c1-4-30(28(2,3)26(32)33)25(31)23(18-10-9-11-18)16-29-27(34)35-17-24-21-14-7-5-12-19(21)20-13-6-8-15-22(20)24/h5-8,12-15,18,23-24H,4,9-11,16-17H2,1-3H3,(H,29,34)(H,32,33). The third-order valence-electron chi connectivity index (χ3n) is 7.63. The number of fused-ring (bicyclic) bond motifs is 3. The second kappa shape index (κ2) is 10.1. The van der Waals surface area contributed by atoms with Crippen molar-refractivity contribution in [3.05, 3.63) is 59.7 Å². The molecule has 2 aromatic rings. The minimum Gasteiger partial charge on any atom is -0.480 e. The highest BCUT2D eigenvalue weighted by molar-refractivity contribution is 5.88. The van der Waals surface area contributed by atoms with Crippen LogP contribution in [0, 0.1) is 11.8 Å². The van der Waals surface area contributed by atoms with Crippen molar-refractivity contribution in [3.63, 3.8) is 0 Å². The topological polar surface area (TPSA) is 95.9 Å². The van der Waals surface area contributed by atoms with Gasteiger partial charge < -0.3 is 20.1 Å². The number of nitrogens with zero attached hydrogens (tertiary/aromatic N) is 1. The molecule has 1 unspecified atom stereocenters. The fraction of sp³-hybridized carbons (Fsp3) is 0.464. The summed E-state index contributed by atoms with van der Waals surface area (Å²) >= 11 is 0. The van der Waals surface area contributed by atoms with Crippen molar-refractivity contribution in [2.45, 2.75) is 51.5 Å². The van der Waals surface area contributed by atoms with Gasteiger partial charge in [0, 0.05) is 19.0 Å². The van der Waals surface area contributed by atoms with Gasteiger partial charge in [0.2, 0.25) is 5.91 Å². The van der Waals surface area contributed by atoms with Crippen LogP contribution in [0.25, 0.3) is 11.1 Å². The summed E-state index contributed by atoms with van der Waals surface area (Å²) in [5, 5.41) is 12.4. The molecule has 4 rings (SSSR count). The molecule has 1 fully saturated rings. The average Bonchev–Trinajstić information content (AvgIpc) is 3.13. The molecule has 0 aliphatic heterocycles. The van der Waals surface area contributed by atoms with Gasteiger partial charge in [-0.25, -0.2) is 9.59 Å². The molecule has 0 radical (unpaired) electrons. The minimum absolute atomic E-state index is 0.0378. The number of hydrogen-bond donors (Lipinski definition) is 2. The van der Waals surface area contributed by atoms with Gasteiger partial charge in [0.25, 0.3) is 0 Å². The van der Waals surface area contributed by atoms with E-state index < -0.39 is 23.5 Å². The largest absolute Gasteiger partial charge is 0.480 e. The number of likely N-dealkylation sites (N-methyl/N-ethyl adjacent to an activating group) is 1. The number of carbonyl (C=O) groups excluding carboxylic acids is 2. The number of hydrogen-bond acceptors (Lipinski definition) is 4. The zero-order valence-corrected chi connectivity index (χ0v) is 20.6. The number of benzene rings is 2. The number of carboxylic acids is 1. The van der Waals surface area contributed by atoms with Crippen LogP contribution in [-0.4, -0.2) is 53.2 Å². The van der Waals surface area contributed by atoms with E-state index in [0.29, 0.717) is 0 Å². The summed E-state index contributed by atoms with van der Waals surface area (Å²) in [6.07, 6.45) is 2.26. The Morgan fingerprint density at radius 1 is 1.06 bits per heavy atom. The molecule has 2 amide bonds. The summed E-state index contributed by atoms with van der Waals surface area (Å²) in [5.74, 6) is -1.66. The zero-order chi connectivity index (χ0) is 25.2. The molecule has 35 heavy (non-hydrogen) atoms. The van der Waals surface area contributed by atoms with Crippen LogP contribution in [0.2, 0.25) is 0 Å². The monoisotopic (exact) mass is 478 g/mol. The summed E-state index contributed by atoms with van der Waals surface area (Å²) in [6.45, 7) is 5.47. The van der Waals surface area contributed by atoms with Crippen LogP contribution >= 0.6 is 0 Å². The van der Waals surface area contributed by atoms with Crippen LogP contribution in [0.5, 0.6) is 0 Å². The van der Waals surface area contributed by atoms with Crippen molar-refractivity contribution in [2.24, 2.45) is 11.8 Å². The molecule has 2 aliphatic carbocycles. The predicted molar refractivity (Wildman–Crippen MR) is 133 cm³/mol. The number of carboxylic acid groups (broad SMARTS) is 1. The third-order valence-corrected chi connectivity index (χ3v) is 7.63. The smallest absolute Gasteiger partial charge is 0.407 e. The number of nitrogens with one attached hydrogen (secondary N) is 1. The van der Waals surface area contributed by atoms with Crippen LogP contribution in [0.1, 0.15) is 57.1 Å². The molecule has 0 spiro atoms. The maximum absolute atomic E-state index is 13.4. The van der Waals surface area contributed by atoms with Crippen LogP contribution in [-0.2, 0) is 14.3 Å². The van der Waals surface area contributed by atoms with Crippen molar-refractivity contribution in [1.29, 1.82) is 0 Å². The van der Waals surface area contributed by atoms with Crippen LogP contribution in [0.15, 0.2) is 48.5 Å². The van der Waals surface area contributed by atoms with Gasteiger partial charge in [-0.15, -0.1) is 0 Å². The van der Waals surface area contributed by atoms with E-state index in [1.807, 2.05) is 24.3 Å². The van der Waals surface area contributed by atoms with Gasteiger partial charge in [0.1, 0.15) is 12.1 Å². The lowest BCUT2D eigenvalue weighted by atomic mass is 9.74. The van der Waals surface area contributed by atoms with E-state index in [2.05, 4.69) is 29.6 Å². The molecule has 0 heterocycles. The van der Waals surface area contributed by atoms with E-state index in [4.69, 9.17) is 4.74 Å². The lowest BCUT2D eigenvalue weighted by Crippen LogP contribution is -2.57. The minimum atomic E-state index is -1.32. The molecule has 186 valence electrons. The lowest BCUT2D eigenvalue weighted by molar-refractivity contribution is -0.159. The first kappa shape index (κ1) is 24.8. The first-order valence-electron chi connectivity index (χ1n) is 12.4. The van der Waals surface area contributed by atoms with E-state index in [9.17, 15) is 19.5 Å². The van der Waals surface area contributed by atoms with Gasteiger partial charge in [0.05, 0.1) is 5.92 Å². The number of aliphatic carboxylic acids is 1. The first-order valence-corrected chi connectivity index (χ1v) is 12.4. The Morgan fingerprint density at radius 2 is 1.63 bits per heavy atom. The molecule has 1 saturated carbocycles. The predicted octanol–water partition coefficient (Wildman–Crippen LogP) is 4.65. The molecule has 2 aromatic carbocycles. The summed E-state index contributed by atoms with van der Waals surface area (Å²) in [4.78, 5) is 39.2. The highest BCUT2D eigenvalue weighted by Crippen LogP contribution is 2.44. The third kappa shape index (κ3) is 4.77. The van der Waals surface area contributed by atoms with E-state index in [1.165, 1.54) is 18.7 Å². The van der Waals surface area contributed by atoms with Crippen LogP contribution < -0.4 is 5.32 Å². The van der Waals surface area contributed by atoms with E-state index >= 15 is 0 Å². The average molecular weight is 479 g/mol. The molecule has 0 saturated heterocycles. The summed E-state index contributed by atoms with van der Waals surface area (Å²) in [5.41, 5.74) is 3.27. The first-order chi connectivity index (χ1) is 16.8. The van der Waals surface area contributed by atoms with Gasteiger partial charge in [-0.3, -0.25) is 4.79 Å². The molecule has 7 heteroatoms. The lowest BCUT2D eigenvalue weighted by Gasteiger charge is -2.40. The van der Waals surface area contributed by atoms with Crippen LogP contribution in [0.3, 0.4) is 0 Å². The van der Waals surface area contributed by atoms with Gasteiger partial charge in [0.15, 0.2) is 0 Å². The van der Waals surface area contributed by atoms with Crippen molar-refractivity contribution in [2.75, 3.05) is 19.7 Å². The summed E-state index contributed by atoms with van der Waals surface area (Å²) in [7, 11) is 0. The molecule has 2 aliphatic rings. The SMILES string of the molecule is CCN(C(=O)C(CNC(=O)OCC1c2ccccc2-c2ccccc21)C1CCC1)C(C)(C)C(=O)O. The molecule has 0 aromatic heterocycles. The Bertz CT molecular complexity index is 1060. The highest BCUT2D eigenvalue weighted by Gasteiger charge is 2.42. The Balaban J connectivity index is 1.40. The van der Waals surface area contributed by atoms with E-state index in [0.717, 1.165) is 41.5 Å². The van der Waals surface area contributed by atoms with Gasteiger partial charge >= 0.3 is 12.1 Å². The Morgan fingerprint density at radius 3 is 2.11 bits per heavy atom. The number of rotatable bonds is 9. The number of carbonyl (C=O) groups is 3.